The van der Waals surface area contributed by atoms with Gasteiger partial charge in [0.15, 0.2) is 0 Å². The SMILES string of the molecule is CC(=O)Nc1ccccc1-c1ccc(-c2ccccc2NC(C)=O)nn1. The van der Waals surface area contributed by atoms with Crippen LogP contribution >= 0.6 is 0 Å². The molecule has 3 rings (SSSR count). The zero-order valence-electron chi connectivity index (χ0n) is 14.5. The van der Waals surface area contributed by atoms with Gasteiger partial charge in [-0.05, 0) is 24.3 Å². The molecule has 0 aliphatic rings. The van der Waals surface area contributed by atoms with E-state index in [9.17, 15) is 9.59 Å². The normalized spacial score (nSPS) is 10.2. The first-order valence-corrected chi connectivity index (χ1v) is 8.12. The second-order valence-electron chi connectivity index (χ2n) is 5.76. The molecule has 0 saturated heterocycles. The fourth-order valence-electron chi connectivity index (χ4n) is 2.63. The highest BCUT2D eigenvalue weighted by Gasteiger charge is 2.11. The zero-order valence-corrected chi connectivity index (χ0v) is 14.5. The van der Waals surface area contributed by atoms with Gasteiger partial charge in [0, 0.05) is 25.0 Å². The third-order valence-electron chi connectivity index (χ3n) is 3.69. The number of carbonyl (C=O) groups is 2. The highest BCUT2D eigenvalue weighted by atomic mass is 16.2. The fourth-order valence-corrected chi connectivity index (χ4v) is 2.63. The maximum Gasteiger partial charge on any atom is 0.221 e. The van der Waals surface area contributed by atoms with Crippen LogP contribution in [0.25, 0.3) is 22.5 Å². The quantitative estimate of drug-likeness (QED) is 0.754. The molecule has 0 spiro atoms. The molecule has 0 unspecified atom stereocenters. The number of hydrogen-bond acceptors (Lipinski definition) is 4. The van der Waals surface area contributed by atoms with E-state index in [0.717, 1.165) is 11.1 Å². The minimum Gasteiger partial charge on any atom is -0.326 e. The first-order chi connectivity index (χ1) is 12.5. The van der Waals surface area contributed by atoms with E-state index in [1.54, 1.807) is 0 Å². The van der Waals surface area contributed by atoms with E-state index in [2.05, 4.69) is 20.8 Å². The topological polar surface area (TPSA) is 84.0 Å². The number of nitrogens with one attached hydrogen (secondary N) is 2. The second-order valence-corrected chi connectivity index (χ2v) is 5.76. The van der Waals surface area contributed by atoms with E-state index >= 15 is 0 Å². The lowest BCUT2D eigenvalue weighted by Crippen LogP contribution is -2.08. The highest BCUT2D eigenvalue weighted by molar-refractivity contribution is 5.94. The van der Waals surface area contributed by atoms with E-state index in [1.807, 2.05) is 60.7 Å². The average Bonchev–Trinajstić information content (AvgIpc) is 2.62. The lowest BCUT2D eigenvalue weighted by atomic mass is 10.1. The number of para-hydroxylation sites is 2. The molecule has 130 valence electrons. The number of benzene rings is 2. The smallest absolute Gasteiger partial charge is 0.221 e. The summed E-state index contributed by atoms with van der Waals surface area (Å²) in [4.78, 5) is 22.8. The standard InChI is InChI=1S/C20H18N4O2/c1-13(25)21-17-9-5-3-7-15(17)19-11-12-20(24-23-19)16-8-4-6-10-18(16)22-14(2)26/h3-12H,1-2H3,(H,21,25)(H,22,26). The van der Waals surface area contributed by atoms with Crippen LogP contribution in [0.3, 0.4) is 0 Å². The Hall–Kier alpha value is -3.54. The number of anilines is 2. The van der Waals surface area contributed by atoms with Crippen molar-refractivity contribution in [1.29, 1.82) is 0 Å². The van der Waals surface area contributed by atoms with Gasteiger partial charge in [-0.2, -0.15) is 0 Å². The predicted molar refractivity (Wildman–Crippen MR) is 102 cm³/mol. The van der Waals surface area contributed by atoms with Crippen LogP contribution in [0.15, 0.2) is 60.7 Å². The predicted octanol–water partition coefficient (Wildman–Crippen LogP) is 3.73. The van der Waals surface area contributed by atoms with Crippen LogP contribution < -0.4 is 10.6 Å². The summed E-state index contributed by atoms with van der Waals surface area (Å²) in [5, 5.41) is 14.2. The molecule has 6 heteroatoms. The molecule has 0 atom stereocenters. The van der Waals surface area contributed by atoms with Gasteiger partial charge in [-0.3, -0.25) is 9.59 Å². The van der Waals surface area contributed by atoms with E-state index in [-0.39, 0.29) is 11.8 Å². The molecule has 0 aliphatic heterocycles. The van der Waals surface area contributed by atoms with Crippen molar-refractivity contribution in [2.75, 3.05) is 10.6 Å². The van der Waals surface area contributed by atoms with Crippen LogP contribution in [0, 0.1) is 0 Å². The number of hydrogen-bond donors (Lipinski definition) is 2. The van der Waals surface area contributed by atoms with Gasteiger partial charge in [-0.15, -0.1) is 10.2 Å². The van der Waals surface area contributed by atoms with Crippen LogP contribution in [0.5, 0.6) is 0 Å². The molecule has 26 heavy (non-hydrogen) atoms. The van der Waals surface area contributed by atoms with Crippen molar-refractivity contribution in [3.05, 3.63) is 60.7 Å². The number of rotatable bonds is 4. The second kappa shape index (κ2) is 7.57. The maximum absolute atomic E-state index is 11.4. The molecule has 0 radical (unpaired) electrons. The van der Waals surface area contributed by atoms with Gasteiger partial charge >= 0.3 is 0 Å². The Bertz CT molecular complexity index is 874. The average molecular weight is 346 g/mol. The van der Waals surface area contributed by atoms with Gasteiger partial charge < -0.3 is 10.6 Å². The third-order valence-corrected chi connectivity index (χ3v) is 3.69. The number of aromatic nitrogens is 2. The van der Waals surface area contributed by atoms with Gasteiger partial charge in [0.05, 0.1) is 22.8 Å². The van der Waals surface area contributed by atoms with Crippen molar-refractivity contribution >= 4 is 23.2 Å². The van der Waals surface area contributed by atoms with Gasteiger partial charge in [0.1, 0.15) is 0 Å². The van der Waals surface area contributed by atoms with Gasteiger partial charge in [0.25, 0.3) is 0 Å². The summed E-state index contributed by atoms with van der Waals surface area (Å²) in [5.74, 6) is -0.294. The van der Waals surface area contributed by atoms with Gasteiger partial charge in [-0.1, -0.05) is 36.4 Å². The third kappa shape index (κ3) is 3.92. The minimum absolute atomic E-state index is 0.147. The Labute approximate surface area is 151 Å². The molecular formula is C20H18N4O2. The molecule has 3 aromatic rings. The lowest BCUT2D eigenvalue weighted by Gasteiger charge is -2.11. The van der Waals surface area contributed by atoms with Crippen molar-refractivity contribution in [2.45, 2.75) is 13.8 Å². The zero-order chi connectivity index (χ0) is 18.5. The molecule has 6 nitrogen and oxygen atoms in total. The van der Waals surface area contributed by atoms with Crippen LogP contribution in [0.2, 0.25) is 0 Å². The summed E-state index contributed by atoms with van der Waals surface area (Å²) in [5.41, 5.74) is 4.24. The Morgan fingerprint density at radius 1 is 0.654 bits per heavy atom. The summed E-state index contributed by atoms with van der Waals surface area (Å²) in [6.07, 6.45) is 0. The minimum atomic E-state index is -0.147. The van der Waals surface area contributed by atoms with Crippen LogP contribution in [-0.2, 0) is 9.59 Å². The summed E-state index contributed by atoms with van der Waals surface area (Å²) >= 11 is 0. The van der Waals surface area contributed by atoms with Crippen molar-refractivity contribution in [2.24, 2.45) is 0 Å². The van der Waals surface area contributed by atoms with Gasteiger partial charge in [-0.25, -0.2) is 0 Å². The molecule has 2 aromatic carbocycles. The summed E-state index contributed by atoms with van der Waals surface area (Å²) in [7, 11) is 0. The van der Waals surface area contributed by atoms with Crippen LogP contribution in [0.4, 0.5) is 11.4 Å². The molecule has 2 N–H and O–H groups in total. The molecule has 0 fully saturated rings. The molecule has 2 amide bonds. The molecule has 1 heterocycles. The van der Waals surface area contributed by atoms with E-state index < -0.39 is 0 Å². The maximum atomic E-state index is 11.4. The molecule has 0 saturated carbocycles. The van der Waals surface area contributed by atoms with Crippen LogP contribution in [0.1, 0.15) is 13.8 Å². The summed E-state index contributed by atoms with van der Waals surface area (Å²) in [6, 6.07) is 18.5. The van der Waals surface area contributed by atoms with Crippen molar-refractivity contribution < 1.29 is 9.59 Å². The first kappa shape index (κ1) is 17.3. The summed E-state index contributed by atoms with van der Waals surface area (Å²) < 4.78 is 0. The van der Waals surface area contributed by atoms with Gasteiger partial charge in [0.2, 0.25) is 11.8 Å². The number of carbonyl (C=O) groups excluding carboxylic acids is 2. The number of nitrogens with zero attached hydrogens (tertiary/aromatic N) is 2. The fraction of sp³-hybridized carbons (Fsp3) is 0.100. The number of amides is 2. The van der Waals surface area contributed by atoms with Crippen molar-refractivity contribution in [1.82, 2.24) is 10.2 Å². The largest absolute Gasteiger partial charge is 0.326 e. The summed E-state index contributed by atoms with van der Waals surface area (Å²) in [6.45, 7) is 2.93. The van der Waals surface area contributed by atoms with Crippen LogP contribution in [-0.4, -0.2) is 22.0 Å². The van der Waals surface area contributed by atoms with E-state index in [4.69, 9.17) is 0 Å². The van der Waals surface area contributed by atoms with Crippen molar-refractivity contribution in [3.8, 4) is 22.5 Å². The van der Waals surface area contributed by atoms with E-state index in [1.165, 1.54) is 13.8 Å². The Balaban J connectivity index is 1.96. The lowest BCUT2D eigenvalue weighted by molar-refractivity contribution is -0.115. The Morgan fingerprint density at radius 3 is 1.38 bits per heavy atom. The highest BCUT2D eigenvalue weighted by Crippen LogP contribution is 2.29. The Morgan fingerprint density at radius 2 is 1.04 bits per heavy atom. The Kier molecular flexibility index (Phi) is 5.03. The monoisotopic (exact) mass is 346 g/mol. The molecule has 0 bridgehead atoms. The van der Waals surface area contributed by atoms with Crippen molar-refractivity contribution in [3.63, 3.8) is 0 Å². The molecule has 0 aliphatic carbocycles. The molecular weight excluding hydrogens is 328 g/mol. The first-order valence-electron chi connectivity index (χ1n) is 8.12. The van der Waals surface area contributed by atoms with E-state index in [0.29, 0.717) is 22.8 Å². The molecule has 1 aromatic heterocycles.